The van der Waals surface area contributed by atoms with Gasteiger partial charge in [-0.25, -0.2) is 17.6 Å². The van der Waals surface area contributed by atoms with Crippen molar-refractivity contribution in [1.82, 2.24) is 0 Å². The van der Waals surface area contributed by atoms with Crippen molar-refractivity contribution in [3.05, 3.63) is 70.8 Å². The van der Waals surface area contributed by atoms with E-state index in [9.17, 15) is 22.4 Å². The third-order valence-electron chi connectivity index (χ3n) is 6.99. The Morgan fingerprint density at radius 2 is 1.11 bits per heavy atom. The second-order valence-corrected chi connectivity index (χ2v) is 11.7. The number of rotatable bonds is 4. The van der Waals surface area contributed by atoms with Gasteiger partial charge in [-0.3, -0.25) is 4.79 Å². The molecule has 7 heteroatoms. The predicted molar refractivity (Wildman–Crippen MR) is 127 cm³/mol. The minimum atomic E-state index is -3.12. The summed E-state index contributed by atoms with van der Waals surface area (Å²) in [5.74, 6) is -11.7. The molecule has 2 N–H and O–H groups in total. The van der Waals surface area contributed by atoms with Crippen LogP contribution in [0, 0.1) is 11.8 Å². The molecule has 4 unspecified atom stereocenters. The summed E-state index contributed by atoms with van der Waals surface area (Å²) >= 11 is 0. The fraction of sp³-hybridized carbons (Fsp3) is 0.536. The van der Waals surface area contributed by atoms with Crippen molar-refractivity contribution in [3.63, 3.8) is 0 Å². The van der Waals surface area contributed by atoms with Gasteiger partial charge in [-0.15, -0.1) is 0 Å². The number of benzene rings is 2. The number of aliphatic hydroxyl groups is 1. The molecule has 0 bridgehead atoms. The summed E-state index contributed by atoms with van der Waals surface area (Å²) in [6, 6.07) is 14.1. The summed E-state index contributed by atoms with van der Waals surface area (Å²) in [6.45, 7) is 11.9. The fourth-order valence-electron chi connectivity index (χ4n) is 4.50. The first-order valence-corrected chi connectivity index (χ1v) is 11.7. The number of aliphatic hydroxyl groups excluding tert-OH is 1. The molecular weight excluding hydrogens is 460 g/mol. The van der Waals surface area contributed by atoms with Gasteiger partial charge >= 0.3 is 5.97 Å². The first-order chi connectivity index (χ1) is 15.9. The van der Waals surface area contributed by atoms with E-state index in [4.69, 9.17) is 10.2 Å². The lowest BCUT2D eigenvalue weighted by atomic mass is 9.86. The van der Waals surface area contributed by atoms with Crippen molar-refractivity contribution in [3.8, 4) is 0 Å². The number of carboxylic acid groups (broad SMARTS) is 1. The molecule has 192 valence electrons. The maximum atomic E-state index is 13.4. The minimum absolute atomic E-state index is 0.0287. The molecule has 3 nitrogen and oxygen atoms in total. The first-order valence-electron chi connectivity index (χ1n) is 11.7. The zero-order valence-corrected chi connectivity index (χ0v) is 20.9. The van der Waals surface area contributed by atoms with Crippen LogP contribution >= 0.6 is 0 Å². The molecule has 2 aromatic rings. The van der Waals surface area contributed by atoms with Crippen LogP contribution in [0.1, 0.15) is 75.6 Å². The van der Waals surface area contributed by atoms with Crippen LogP contribution in [0.25, 0.3) is 0 Å². The highest BCUT2D eigenvalue weighted by Crippen LogP contribution is 2.62. The van der Waals surface area contributed by atoms with E-state index in [1.54, 1.807) is 36.4 Å². The van der Waals surface area contributed by atoms with Crippen LogP contribution in [-0.2, 0) is 15.6 Å². The number of hydrogen-bond acceptors (Lipinski definition) is 2. The number of alkyl halides is 4. The highest BCUT2D eigenvalue weighted by molar-refractivity contribution is 5.78. The summed E-state index contributed by atoms with van der Waals surface area (Å²) in [7, 11) is 0. The number of carbonyl (C=O) groups is 1. The van der Waals surface area contributed by atoms with Gasteiger partial charge in [-0.2, -0.15) is 0 Å². The van der Waals surface area contributed by atoms with Crippen LogP contribution in [0.3, 0.4) is 0 Å². The van der Waals surface area contributed by atoms with Crippen molar-refractivity contribution in [2.24, 2.45) is 11.8 Å². The van der Waals surface area contributed by atoms with Crippen molar-refractivity contribution in [2.75, 3.05) is 6.61 Å². The molecule has 2 aliphatic rings. The Hall–Kier alpha value is -2.41. The van der Waals surface area contributed by atoms with E-state index < -0.39 is 48.1 Å². The lowest BCUT2D eigenvalue weighted by Gasteiger charge is -2.19. The lowest BCUT2D eigenvalue weighted by Crippen LogP contribution is -2.10. The monoisotopic (exact) mass is 494 g/mol. The first kappa shape index (κ1) is 27.2. The van der Waals surface area contributed by atoms with Crippen molar-refractivity contribution in [1.29, 1.82) is 0 Å². The Bertz CT molecular complexity index is 1050. The van der Waals surface area contributed by atoms with Gasteiger partial charge in [0.25, 0.3) is 11.8 Å². The van der Waals surface area contributed by atoms with Gasteiger partial charge in [0, 0.05) is 0 Å². The summed E-state index contributed by atoms with van der Waals surface area (Å²) in [5, 5.41) is 17.6. The Balaban J connectivity index is 0.000000196. The molecule has 0 saturated heterocycles. The Kier molecular flexibility index (Phi) is 6.92. The average Bonchev–Trinajstić information content (AvgIpc) is 3.53. The molecule has 2 aliphatic carbocycles. The SMILES string of the molecule is CC(C)(C)c1ccc(C2C(C(=O)O)C2(F)F)cc1.CC(C)(C)c1ccc(C2C(CO)C2(F)F)cc1. The number of carboxylic acids is 1. The molecule has 0 heterocycles. The minimum Gasteiger partial charge on any atom is -0.481 e. The van der Waals surface area contributed by atoms with Crippen LogP contribution < -0.4 is 0 Å². The van der Waals surface area contributed by atoms with Crippen molar-refractivity contribution >= 4 is 5.97 Å². The molecule has 0 spiro atoms. The quantitative estimate of drug-likeness (QED) is 0.463. The summed E-state index contributed by atoms with van der Waals surface area (Å²) in [6.07, 6.45) is 0. The van der Waals surface area contributed by atoms with Crippen LogP contribution in [0.4, 0.5) is 17.6 Å². The van der Waals surface area contributed by atoms with E-state index in [1.807, 2.05) is 32.9 Å². The van der Waals surface area contributed by atoms with E-state index in [0.29, 0.717) is 11.1 Å². The van der Waals surface area contributed by atoms with Gasteiger partial charge < -0.3 is 10.2 Å². The topological polar surface area (TPSA) is 57.5 Å². The van der Waals surface area contributed by atoms with Crippen molar-refractivity contribution < 1.29 is 32.6 Å². The molecule has 4 atom stereocenters. The maximum Gasteiger partial charge on any atom is 0.313 e. The molecule has 0 aromatic heterocycles. The fourth-order valence-corrected chi connectivity index (χ4v) is 4.50. The molecule has 0 aliphatic heterocycles. The summed E-state index contributed by atoms with van der Waals surface area (Å²) in [5.41, 5.74) is 3.19. The predicted octanol–water partition coefficient (Wildman–Crippen LogP) is 6.74. The van der Waals surface area contributed by atoms with Gasteiger partial charge in [0.1, 0.15) is 5.92 Å². The number of aliphatic carboxylic acids is 1. The average molecular weight is 495 g/mol. The Labute approximate surface area is 204 Å². The van der Waals surface area contributed by atoms with Crippen LogP contribution in [0.15, 0.2) is 48.5 Å². The van der Waals surface area contributed by atoms with E-state index in [0.717, 1.165) is 11.1 Å². The molecule has 0 radical (unpaired) electrons. The second kappa shape index (κ2) is 8.91. The third kappa shape index (κ3) is 5.40. The van der Waals surface area contributed by atoms with E-state index in [-0.39, 0.29) is 10.8 Å². The maximum absolute atomic E-state index is 13.4. The Morgan fingerprint density at radius 3 is 1.37 bits per heavy atom. The normalized spacial score (nSPS) is 26.4. The lowest BCUT2D eigenvalue weighted by molar-refractivity contribution is -0.140. The molecule has 35 heavy (non-hydrogen) atoms. The van der Waals surface area contributed by atoms with E-state index in [1.165, 1.54) is 0 Å². The Morgan fingerprint density at radius 1 is 0.743 bits per heavy atom. The molecule has 0 amide bonds. The largest absolute Gasteiger partial charge is 0.481 e. The van der Waals surface area contributed by atoms with Gasteiger partial charge in [-0.1, -0.05) is 90.1 Å². The number of hydrogen-bond donors (Lipinski definition) is 2. The van der Waals surface area contributed by atoms with Crippen LogP contribution in [-0.4, -0.2) is 34.6 Å². The van der Waals surface area contributed by atoms with Gasteiger partial charge in [0.2, 0.25) is 0 Å². The zero-order chi connectivity index (χ0) is 26.6. The third-order valence-corrected chi connectivity index (χ3v) is 6.99. The van der Waals surface area contributed by atoms with Gasteiger partial charge in [0.05, 0.1) is 24.4 Å². The van der Waals surface area contributed by atoms with E-state index in [2.05, 4.69) is 20.8 Å². The molecule has 2 saturated carbocycles. The van der Waals surface area contributed by atoms with Gasteiger partial charge in [-0.05, 0) is 33.1 Å². The highest BCUT2D eigenvalue weighted by atomic mass is 19.3. The van der Waals surface area contributed by atoms with Crippen LogP contribution in [0.5, 0.6) is 0 Å². The number of halogens is 4. The highest BCUT2D eigenvalue weighted by Gasteiger charge is 2.73. The van der Waals surface area contributed by atoms with Crippen LogP contribution in [0.2, 0.25) is 0 Å². The molecule has 4 rings (SSSR count). The molecule has 2 fully saturated rings. The summed E-state index contributed by atoms with van der Waals surface area (Å²) < 4.78 is 53.3. The van der Waals surface area contributed by atoms with Crippen molar-refractivity contribution in [2.45, 2.75) is 76.1 Å². The smallest absolute Gasteiger partial charge is 0.313 e. The van der Waals surface area contributed by atoms with E-state index >= 15 is 0 Å². The second-order valence-electron chi connectivity index (χ2n) is 11.7. The summed E-state index contributed by atoms with van der Waals surface area (Å²) in [4.78, 5) is 10.7. The zero-order valence-electron chi connectivity index (χ0n) is 20.9. The standard InChI is InChI=1S/C14H16F2O2.C14H18F2O/c1-13(2,3)9-6-4-8(5-7-9)10-11(12(17)18)14(10,15)16;1-13(2,3)10-6-4-9(5-7-10)12-11(8-17)14(12,15)16/h4-7,10-11H,1-3H3,(H,17,18);4-7,11-12,17H,8H2,1-3H3. The molecular formula is C28H34F4O3. The van der Waals surface area contributed by atoms with Gasteiger partial charge in [0.15, 0.2) is 0 Å². The molecule has 2 aromatic carbocycles.